The zero-order valence-corrected chi connectivity index (χ0v) is 19.0. The van der Waals surface area contributed by atoms with E-state index < -0.39 is 11.9 Å². The van der Waals surface area contributed by atoms with Crippen molar-refractivity contribution in [3.05, 3.63) is 81.9 Å². The van der Waals surface area contributed by atoms with E-state index in [4.69, 9.17) is 0 Å². The van der Waals surface area contributed by atoms with E-state index in [0.29, 0.717) is 6.54 Å². The lowest BCUT2D eigenvalue weighted by atomic mass is 9.82. The number of halogens is 2. The first-order chi connectivity index (χ1) is 15.8. The van der Waals surface area contributed by atoms with E-state index >= 15 is 0 Å². The third-order valence-electron chi connectivity index (χ3n) is 6.23. The second-order valence-corrected chi connectivity index (χ2v) is 8.99. The van der Waals surface area contributed by atoms with Gasteiger partial charge in [0.05, 0.1) is 17.8 Å². The Bertz CT molecular complexity index is 1370. The highest BCUT2D eigenvalue weighted by molar-refractivity contribution is 7.16. The standard InChI is InChI=1S/C23H20F2N6OS/c1-12-17(10-26-30(12)3)18-11-31(13(2)14-6-4-5-7-15(14)18)23(32)22-29-28-21(33-22)16-8-9-19(24)27-20(16)25/h4-10,13,18H,11H2,1-3H3/t13-,18-/m0/s1. The average molecular weight is 467 g/mol. The van der Waals surface area contributed by atoms with Gasteiger partial charge in [0.25, 0.3) is 5.91 Å². The summed E-state index contributed by atoms with van der Waals surface area (Å²) in [4.78, 5) is 18.5. The first kappa shape index (κ1) is 21.3. The fraction of sp³-hybridized carbons (Fsp3) is 0.261. The van der Waals surface area contributed by atoms with E-state index in [1.807, 2.05) is 50.0 Å². The topological polar surface area (TPSA) is 76.8 Å². The van der Waals surface area contributed by atoms with Crippen LogP contribution in [-0.4, -0.2) is 42.3 Å². The Kier molecular flexibility index (Phi) is 5.24. The summed E-state index contributed by atoms with van der Waals surface area (Å²) in [6.07, 6.45) is 1.85. The Morgan fingerprint density at radius 3 is 2.55 bits per heavy atom. The maximum Gasteiger partial charge on any atom is 0.285 e. The molecule has 0 N–H and O–H groups in total. The van der Waals surface area contributed by atoms with Gasteiger partial charge in [0.2, 0.25) is 16.9 Å². The smallest absolute Gasteiger partial charge is 0.285 e. The summed E-state index contributed by atoms with van der Waals surface area (Å²) < 4.78 is 29.1. The molecule has 0 bridgehead atoms. The van der Waals surface area contributed by atoms with Crippen molar-refractivity contribution in [1.29, 1.82) is 0 Å². The van der Waals surface area contributed by atoms with Gasteiger partial charge in [0.15, 0.2) is 5.01 Å². The van der Waals surface area contributed by atoms with Crippen molar-refractivity contribution in [3.8, 4) is 10.6 Å². The highest BCUT2D eigenvalue weighted by Crippen LogP contribution is 2.41. The van der Waals surface area contributed by atoms with E-state index in [0.717, 1.165) is 34.2 Å². The number of fused-ring (bicyclic) bond motifs is 1. The molecular weight excluding hydrogens is 446 g/mol. The van der Waals surface area contributed by atoms with Gasteiger partial charge in [-0.25, -0.2) is 0 Å². The molecule has 0 saturated carbocycles. The summed E-state index contributed by atoms with van der Waals surface area (Å²) in [6.45, 7) is 4.44. The van der Waals surface area contributed by atoms with Crippen molar-refractivity contribution in [2.24, 2.45) is 7.05 Å². The Morgan fingerprint density at radius 2 is 1.85 bits per heavy atom. The lowest BCUT2D eigenvalue weighted by Gasteiger charge is -2.39. The number of pyridine rings is 1. The second kappa shape index (κ2) is 8.11. The summed E-state index contributed by atoms with van der Waals surface area (Å²) in [5.41, 5.74) is 4.33. The number of hydrogen-bond donors (Lipinski definition) is 0. The molecule has 4 aromatic rings. The number of benzene rings is 1. The summed E-state index contributed by atoms with van der Waals surface area (Å²) in [7, 11) is 1.89. The van der Waals surface area contributed by atoms with E-state index in [2.05, 4.69) is 26.3 Å². The number of amides is 1. The quantitative estimate of drug-likeness (QED) is 0.422. The Balaban J connectivity index is 1.51. The molecule has 1 aliphatic heterocycles. The molecule has 1 amide bonds. The van der Waals surface area contributed by atoms with Crippen LogP contribution in [0.4, 0.5) is 8.78 Å². The molecule has 0 fully saturated rings. The van der Waals surface area contributed by atoms with E-state index in [9.17, 15) is 13.6 Å². The van der Waals surface area contributed by atoms with E-state index in [1.54, 1.807) is 4.90 Å². The SMILES string of the molecule is Cc1c([C@H]2CN(C(=O)c3nnc(-c4ccc(F)nc4F)s3)[C@@H](C)c3ccccc32)cnn1C. The predicted octanol–water partition coefficient (Wildman–Crippen LogP) is 4.27. The molecule has 0 unspecified atom stereocenters. The Morgan fingerprint density at radius 1 is 1.09 bits per heavy atom. The first-order valence-corrected chi connectivity index (χ1v) is 11.2. The fourth-order valence-corrected chi connectivity index (χ4v) is 5.14. The van der Waals surface area contributed by atoms with E-state index in [1.165, 1.54) is 11.6 Å². The third kappa shape index (κ3) is 3.60. The number of carbonyl (C=O) groups excluding carboxylic acids is 1. The summed E-state index contributed by atoms with van der Waals surface area (Å²) in [5, 5.41) is 12.7. The molecule has 4 heterocycles. The van der Waals surface area contributed by atoms with Gasteiger partial charge in [-0.1, -0.05) is 35.6 Å². The number of rotatable bonds is 3. The molecule has 0 aliphatic carbocycles. The zero-order valence-electron chi connectivity index (χ0n) is 18.2. The number of hydrogen-bond acceptors (Lipinski definition) is 6. The molecule has 0 saturated heterocycles. The number of aryl methyl sites for hydroxylation is 1. The van der Waals surface area contributed by atoms with Crippen molar-refractivity contribution in [1.82, 2.24) is 29.9 Å². The van der Waals surface area contributed by atoms with Crippen molar-refractivity contribution < 1.29 is 13.6 Å². The van der Waals surface area contributed by atoms with Crippen molar-refractivity contribution >= 4 is 17.2 Å². The van der Waals surface area contributed by atoms with Crippen LogP contribution in [0.2, 0.25) is 0 Å². The minimum absolute atomic E-state index is 0.00819. The molecule has 1 aliphatic rings. The predicted molar refractivity (Wildman–Crippen MR) is 119 cm³/mol. The van der Waals surface area contributed by atoms with Crippen LogP contribution in [0.5, 0.6) is 0 Å². The van der Waals surface area contributed by atoms with E-state index in [-0.39, 0.29) is 33.4 Å². The molecular formula is C23H20F2N6OS. The van der Waals surface area contributed by atoms with Crippen molar-refractivity contribution in [2.75, 3.05) is 6.54 Å². The molecule has 10 heteroatoms. The van der Waals surface area contributed by atoms with Crippen LogP contribution in [0.3, 0.4) is 0 Å². The molecule has 2 atom stereocenters. The van der Waals surface area contributed by atoms with Gasteiger partial charge in [-0.3, -0.25) is 9.48 Å². The molecule has 3 aromatic heterocycles. The summed E-state index contributed by atoms with van der Waals surface area (Å²) in [5.74, 6) is -2.24. The highest BCUT2D eigenvalue weighted by Gasteiger charge is 2.36. The van der Waals surface area contributed by atoms with Gasteiger partial charge in [0.1, 0.15) is 0 Å². The van der Waals surface area contributed by atoms with Crippen LogP contribution in [0.25, 0.3) is 10.6 Å². The molecule has 33 heavy (non-hydrogen) atoms. The lowest BCUT2D eigenvalue weighted by molar-refractivity contribution is 0.0663. The van der Waals surface area contributed by atoms with Crippen LogP contribution in [-0.2, 0) is 7.05 Å². The number of aromatic nitrogens is 5. The zero-order chi connectivity index (χ0) is 23.3. The Hall–Kier alpha value is -3.53. The van der Waals surface area contributed by atoms with Crippen LogP contribution in [0.1, 0.15) is 51.1 Å². The van der Waals surface area contributed by atoms with Crippen molar-refractivity contribution in [3.63, 3.8) is 0 Å². The van der Waals surface area contributed by atoms with Gasteiger partial charge < -0.3 is 4.90 Å². The van der Waals surface area contributed by atoms with Crippen LogP contribution >= 0.6 is 11.3 Å². The molecule has 168 valence electrons. The molecule has 7 nitrogen and oxygen atoms in total. The molecule has 0 radical (unpaired) electrons. The monoisotopic (exact) mass is 466 g/mol. The third-order valence-corrected chi connectivity index (χ3v) is 7.18. The minimum Gasteiger partial charge on any atom is -0.329 e. The molecule has 1 aromatic carbocycles. The normalized spacial score (nSPS) is 17.8. The van der Waals surface area contributed by atoms with Crippen LogP contribution < -0.4 is 0 Å². The fourth-order valence-electron chi connectivity index (χ4n) is 4.33. The average Bonchev–Trinajstić information content (AvgIpc) is 3.41. The Labute approximate surface area is 192 Å². The van der Waals surface area contributed by atoms with Crippen LogP contribution in [0, 0.1) is 18.8 Å². The minimum atomic E-state index is -0.988. The molecule has 0 spiro atoms. The van der Waals surface area contributed by atoms with Gasteiger partial charge in [0, 0.05) is 30.8 Å². The highest BCUT2D eigenvalue weighted by atomic mass is 32.1. The largest absolute Gasteiger partial charge is 0.329 e. The maximum absolute atomic E-state index is 14.1. The van der Waals surface area contributed by atoms with Gasteiger partial charge in [-0.05, 0) is 37.1 Å². The summed E-state index contributed by atoms with van der Waals surface area (Å²) in [6, 6.07) is 10.2. The lowest BCUT2D eigenvalue weighted by Crippen LogP contribution is -2.41. The van der Waals surface area contributed by atoms with Gasteiger partial charge >= 0.3 is 0 Å². The van der Waals surface area contributed by atoms with Crippen LogP contribution in [0.15, 0.2) is 42.6 Å². The van der Waals surface area contributed by atoms with Gasteiger partial charge in [-0.2, -0.15) is 18.9 Å². The number of nitrogens with zero attached hydrogens (tertiary/aromatic N) is 6. The first-order valence-electron chi connectivity index (χ1n) is 10.4. The van der Waals surface area contributed by atoms with Gasteiger partial charge in [-0.15, -0.1) is 10.2 Å². The number of carbonyl (C=O) groups is 1. The molecule has 5 rings (SSSR count). The van der Waals surface area contributed by atoms with Crippen molar-refractivity contribution in [2.45, 2.75) is 25.8 Å². The summed E-state index contributed by atoms with van der Waals surface area (Å²) >= 11 is 0.963. The second-order valence-electron chi connectivity index (χ2n) is 8.01. The maximum atomic E-state index is 14.1.